The highest BCUT2D eigenvalue weighted by molar-refractivity contribution is 7.92. The van der Waals surface area contributed by atoms with Gasteiger partial charge in [-0.2, -0.15) is 0 Å². The number of nitrogens with one attached hydrogen (secondary N) is 1. The summed E-state index contributed by atoms with van der Waals surface area (Å²) in [6, 6.07) is 6.05. The van der Waals surface area contributed by atoms with Crippen LogP contribution in [0.25, 0.3) is 0 Å². The molecule has 1 aliphatic carbocycles. The minimum absolute atomic E-state index is 0.240. The van der Waals surface area contributed by atoms with Crippen molar-refractivity contribution < 1.29 is 22.7 Å². The minimum Gasteiger partial charge on any atom is -0.462 e. The fourth-order valence-electron chi connectivity index (χ4n) is 4.02. The van der Waals surface area contributed by atoms with E-state index in [1.807, 2.05) is 19.1 Å². The van der Waals surface area contributed by atoms with Crippen molar-refractivity contribution >= 4 is 43.9 Å². The average Bonchev–Trinajstić information content (AvgIpc) is 3.09. The number of hydrogen-bond acceptors (Lipinski definition) is 6. The van der Waals surface area contributed by atoms with Gasteiger partial charge in [-0.3, -0.25) is 9.10 Å². The molecule has 0 radical (unpaired) electrons. The van der Waals surface area contributed by atoms with Crippen molar-refractivity contribution in [2.24, 2.45) is 0 Å². The first-order chi connectivity index (χ1) is 15.2. The molecule has 7 nitrogen and oxygen atoms in total. The Bertz CT molecular complexity index is 1090. The number of aryl methyl sites for hydroxylation is 2. The highest BCUT2D eigenvalue weighted by Crippen LogP contribution is 2.39. The number of esters is 1. The van der Waals surface area contributed by atoms with E-state index in [9.17, 15) is 18.0 Å². The van der Waals surface area contributed by atoms with E-state index in [4.69, 9.17) is 4.74 Å². The first kappa shape index (κ1) is 24.3. The summed E-state index contributed by atoms with van der Waals surface area (Å²) in [5, 5.41) is 3.31. The number of anilines is 2. The lowest BCUT2D eigenvalue weighted by Crippen LogP contribution is -2.47. The fraction of sp³-hybridized carbons (Fsp3) is 0.478. The van der Waals surface area contributed by atoms with Crippen molar-refractivity contribution in [1.29, 1.82) is 0 Å². The Hall–Kier alpha value is -2.39. The summed E-state index contributed by atoms with van der Waals surface area (Å²) in [6.45, 7) is 5.66. The molecule has 0 saturated heterocycles. The van der Waals surface area contributed by atoms with Crippen LogP contribution in [0, 0.1) is 6.92 Å². The van der Waals surface area contributed by atoms with Crippen LogP contribution in [0.15, 0.2) is 24.3 Å². The molecule has 3 rings (SSSR count). The standard InChI is InChI=1S/C23H30N2O5S2/c1-5-18(25(32(4,28)29)16-13-11-15(3)12-14-16)21(26)24-22-20(23(27)30-6-2)17-9-7-8-10-19(17)31-22/h11-14,18H,5-10H2,1-4H3,(H,24,26). The van der Waals surface area contributed by atoms with Gasteiger partial charge in [0.1, 0.15) is 11.0 Å². The topological polar surface area (TPSA) is 92.8 Å². The van der Waals surface area contributed by atoms with Crippen LogP contribution >= 0.6 is 11.3 Å². The Labute approximate surface area is 193 Å². The summed E-state index contributed by atoms with van der Waals surface area (Å²) in [6.07, 6.45) is 5.01. The van der Waals surface area contributed by atoms with Gasteiger partial charge in [0, 0.05) is 4.88 Å². The highest BCUT2D eigenvalue weighted by atomic mass is 32.2. The fourth-order valence-corrected chi connectivity index (χ4v) is 6.51. The van der Waals surface area contributed by atoms with Gasteiger partial charge in [-0.25, -0.2) is 13.2 Å². The molecule has 2 aromatic rings. The summed E-state index contributed by atoms with van der Waals surface area (Å²) < 4.78 is 31.7. The number of carbonyl (C=O) groups excluding carboxylic acids is 2. The van der Waals surface area contributed by atoms with Gasteiger partial charge in [0.05, 0.1) is 24.1 Å². The molecule has 0 saturated carbocycles. The Morgan fingerprint density at radius 2 is 1.81 bits per heavy atom. The van der Waals surface area contributed by atoms with E-state index < -0.39 is 27.9 Å². The first-order valence-corrected chi connectivity index (χ1v) is 13.5. The van der Waals surface area contributed by atoms with E-state index in [0.29, 0.717) is 16.3 Å². The van der Waals surface area contributed by atoms with E-state index in [1.54, 1.807) is 26.0 Å². The maximum Gasteiger partial charge on any atom is 0.341 e. The lowest BCUT2D eigenvalue weighted by molar-refractivity contribution is -0.117. The highest BCUT2D eigenvalue weighted by Gasteiger charge is 2.34. The number of sulfonamides is 1. The van der Waals surface area contributed by atoms with Crippen LogP contribution in [0.2, 0.25) is 0 Å². The van der Waals surface area contributed by atoms with Crippen LogP contribution in [-0.2, 0) is 32.4 Å². The third kappa shape index (κ3) is 5.15. The second-order valence-electron chi connectivity index (χ2n) is 7.94. The normalized spacial score (nSPS) is 14.4. The Morgan fingerprint density at radius 1 is 1.16 bits per heavy atom. The quantitative estimate of drug-likeness (QED) is 0.571. The molecule has 1 aliphatic rings. The molecule has 32 heavy (non-hydrogen) atoms. The third-order valence-electron chi connectivity index (χ3n) is 5.51. The lowest BCUT2D eigenvalue weighted by atomic mass is 9.95. The number of carbonyl (C=O) groups is 2. The molecule has 174 valence electrons. The maximum absolute atomic E-state index is 13.4. The number of amides is 1. The maximum atomic E-state index is 13.4. The molecule has 1 aromatic carbocycles. The molecule has 1 aromatic heterocycles. The minimum atomic E-state index is -3.73. The lowest BCUT2D eigenvalue weighted by Gasteiger charge is -2.30. The van der Waals surface area contributed by atoms with Crippen molar-refractivity contribution in [3.05, 3.63) is 45.8 Å². The second-order valence-corrected chi connectivity index (χ2v) is 10.9. The van der Waals surface area contributed by atoms with E-state index in [-0.39, 0.29) is 13.0 Å². The van der Waals surface area contributed by atoms with Gasteiger partial charge < -0.3 is 10.1 Å². The zero-order valence-corrected chi connectivity index (χ0v) is 20.6. The van der Waals surface area contributed by atoms with Crippen LogP contribution in [0.4, 0.5) is 10.7 Å². The molecule has 1 heterocycles. The average molecular weight is 479 g/mol. The molecular weight excluding hydrogens is 448 g/mol. The first-order valence-electron chi connectivity index (χ1n) is 10.9. The molecule has 1 N–H and O–H groups in total. The van der Waals surface area contributed by atoms with Crippen molar-refractivity contribution in [1.82, 2.24) is 0 Å². The number of benzene rings is 1. The predicted molar refractivity (Wildman–Crippen MR) is 128 cm³/mol. The van der Waals surface area contributed by atoms with Gasteiger partial charge in [-0.05, 0) is 63.6 Å². The number of ether oxygens (including phenoxy) is 1. The second kappa shape index (κ2) is 10.0. The molecule has 9 heteroatoms. The van der Waals surface area contributed by atoms with Gasteiger partial charge in [0.25, 0.3) is 0 Å². The predicted octanol–water partition coefficient (Wildman–Crippen LogP) is 4.30. The monoisotopic (exact) mass is 478 g/mol. The summed E-state index contributed by atoms with van der Waals surface area (Å²) in [5.74, 6) is -0.920. The van der Waals surface area contributed by atoms with Gasteiger partial charge in [-0.15, -0.1) is 11.3 Å². The summed E-state index contributed by atoms with van der Waals surface area (Å²) >= 11 is 1.39. The smallest absolute Gasteiger partial charge is 0.341 e. The van der Waals surface area contributed by atoms with Crippen LogP contribution in [0.1, 0.15) is 59.5 Å². The van der Waals surface area contributed by atoms with Gasteiger partial charge >= 0.3 is 5.97 Å². The van der Waals surface area contributed by atoms with Crippen molar-refractivity contribution in [2.75, 3.05) is 22.5 Å². The van der Waals surface area contributed by atoms with Gasteiger partial charge in [0.2, 0.25) is 15.9 Å². The zero-order valence-electron chi connectivity index (χ0n) is 18.9. The Morgan fingerprint density at radius 3 is 2.41 bits per heavy atom. The third-order valence-corrected chi connectivity index (χ3v) is 7.89. The largest absolute Gasteiger partial charge is 0.462 e. The number of fused-ring (bicyclic) bond motifs is 1. The van der Waals surface area contributed by atoms with Crippen LogP contribution in [-0.4, -0.2) is 39.2 Å². The summed E-state index contributed by atoms with van der Waals surface area (Å²) in [4.78, 5) is 27.1. The number of rotatable bonds is 8. The SMILES string of the molecule is CCOC(=O)c1c(NC(=O)C(CC)N(c2ccc(C)cc2)S(C)(=O)=O)sc2c1CCCC2. The van der Waals surface area contributed by atoms with Crippen LogP contribution in [0.5, 0.6) is 0 Å². The zero-order chi connectivity index (χ0) is 23.5. The molecule has 1 atom stereocenters. The van der Waals surface area contributed by atoms with Crippen molar-refractivity contribution in [3.8, 4) is 0 Å². The summed E-state index contributed by atoms with van der Waals surface area (Å²) in [7, 11) is -3.73. The van der Waals surface area contributed by atoms with Crippen LogP contribution < -0.4 is 9.62 Å². The number of nitrogens with zero attached hydrogens (tertiary/aromatic N) is 1. The van der Waals surface area contributed by atoms with E-state index in [1.165, 1.54) is 11.3 Å². The number of hydrogen-bond donors (Lipinski definition) is 1. The van der Waals surface area contributed by atoms with Crippen molar-refractivity contribution in [3.63, 3.8) is 0 Å². The Kier molecular flexibility index (Phi) is 7.61. The molecule has 0 spiro atoms. The molecular formula is C23H30N2O5S2. The molecule has 0 bridgehead atoms. The van der Waals surface area contributed by atoms with Crippen LogP contribution in [0.3, 0.4) is 0 Å². The number of thiophene rings is 1. The molecule has 0 aliphatic heterocycles. The van der Waals surface area contributed by atoms with E-state index >= 15 is 0 Å². The summed E-state index contributed by atoms with van der Waals surface area (Å²) in [5.41, 5.74) is 2.77. The van der Waals surface area contributed by atoms with Gasteiger partial charge in [-0.1, -0.05) is 24.6 Å². The molecule has 1 unspecified atom stereocenters. The molecule has 1 amide bonds. The Balaban J connectivity index is 1.97. The molecule has 0 fully saturated rings. The van der Waals surface area contributed by atoms with E-state index in [0.717, 1.165) is 52.2 Å². The van der Waals surface area contributed by atoms with Crippen molar-refractivity contribution in [2.45, 2.75) is 58.9 Å². The van der Waals surface area contributed by atoms with Gasteiger partial charge in [0.15, 0.2) is 0 Å². The van der Waals surface area contributed by atoms with E-state index in [2.05, 4.69) is 5.32 Å².